The van der Waals surface area contributed by atoms with Crippen molar-refractivity contribution in [3.05, 3.63) is 66.1 Å². The number of hydrogen-bond acceptors (Lipinski definition) is 2. The quantitative estimate of drug-likeness (QED) is 0.773. The van der Waals surface area contributed by atoms with Crippen LogP contribution in [-0.2, 0) is 4.79 Å². The number of fused-ring (bicyclic) bond motifs is 1. The Bertz CT molecular complexity index is 916. The fraction of sp³-hybridized carbons (Fsp3) is 0.111. The van der Waals surface area contributed by atoms with E-state index in [0.717, 1.165) is 0 Å². The van der Waals surface area contributed by atoms with Crippen LogP contribution in [0.15, 0.2) is 54.7 Å². The number of anilines is 1. The Morgan fingerprint density at radius 2 is 1.83 bits per heavy atom. The van der Waals surface area contributed by atoms with E-state index in [2.05, 4.69) is 5.32 Å². The first kappa shape index (κ1) is 15.7. The molecule has 1 heterocycles. The highest BCUT2D eigenvalue weighted by molar-refractivity contribution is 5.96. The molecule has 0 saturated carbocycles. The lowest BCUT2D eigenvalue weighted by Gasteiger charge is -2.15. The van der Waals surface area contributed by atoms with E-state index in [-0.39, 0.29) is 11.7 Å². The largest absolute Gasteiger partial charge is 0.366 e. The van der Waals surface area contributed by atoms with Crippen LogP contribution in [0.2, 0.25) is 0 Å². The summed E-state index contributed by atoms with van der Waals surface area (Å²) in [5.41, 5.74) is 6.76. The minimum absolute atomic E-state index is 0.247. The van der Waals surface area contributed by atoms with Crippen LogP contribution < -0.4 is 11.1 Å². The molecule has 2 amide bonds. The Balaban J connectivity index is 1.81. The summed E-state index contributed by atoms with van der Waals surface area (Å²) in [7, 11) is 0. The van der Waals surface area contributed by atoms with E-state index in [9.17, 15) is 14.0 Å². The van der Waals surface area contributed by atoms with Gasteiger partial charge >= 0.3 is 0 Å². The second-order valence-corrected chi connectivity index (χ2v) is 5.50. The third kappa shape index (κ3) is 2.86. The Morgan fingerprint density at radius 3 is 2.50 bits per heavy atom. The van der Waals surface area contributed by atoms with Crippen LogP contribution >= 0.6 is 0 Å². The Labute approximate surface area is 137 Å². The number of nitrogens with zero attached hydrogens (tertiary/aromatic N) is 1. The van der Waals surface area contributed by atoms with Gasteiger partial charge in [0, 0.05) is 22.8 Å². The zero-order valence-corrected chi connectivity index (χ0v) is 13.0. The molecule has 0 aliphatic heterocycles. The van der Waals surface area contributed by atoms with Gasteiger partial charge in [0.1, 0.15) is 11.9 Å². The second kappa shape index (κ2) is 6.16. The molecule has 1 atom stereocenters. The predicted octanol–water partition coefficient (Wildman–Crippen LogP) is 3.08. The summed E-state index contributed by atoms with van der Waals surface area (Å²) >= 11 is 0. The molecule has 5 nitrogen and oxygen atoms in total. The lowest BCUT2D eigenvalue weighted by Crippen LogP contribution is -2.23. The van der Waals surface area contributed by atoms with Gasteiger partial charge in [-0.2, -0.15) is 0 Å². The Morgan fingerprint density at radius 1 is 1.12 bits per heavy atom. The molecule has 0 aliphatic rings. The number of amides is 2. The number of halogens is 1. The van der Waals surface area contributed by atoms with Crippen molar-refractivity contribution in [2.24, 2.45) is 5.73 Å². The zero-order chi connectivity index (χ0) is 17.3. The molecule has 1 aromatic heterocycles. The standard InChI is InChI=1S/C18H16FN3O2/c1-11(22-10-9-14-15(19)3-2-4-16(14)22)18(24)21-13-7-5-12(6-8-13)17(20)23/h2-11H,1H3,(H2,20,23)(H,21,24)/t11-/m1/s1. The lowest BCUT2D eigenvalue weighted by molar-refractivity contribution is -0.118. The predicted molar refractivity (Wildman–Crippen MR) is 90.2 cm³/mol. The molecule has 0 spiro atoms. The maximum Gasteiger partial charge on any atom is 0.248 e. The maximum atomic E-state index is 13.8. The molecule has 0 saturated heterocycles. The molecule has 24 heavy (non-hydrogen) atoms. The highest BCUT2D eigenvalue weighted by atomic mass is 19.1. The first-order valence-electron chi connectivity index (χ1n) is 7.43. The van der Waals surface area contributed by atoms with Crippen LogP contribution in [0.5, 0.6) is 0 Å². The van der Waals surface area contributed by atoms with E-state index in [1.807, 2.05) is 0 Å². The number of aromatic nitrogens is 1. The van der Waals surface area contributed by atoms with Gasteiger partial charge < -0.3 is 15.6 Å². The molecule has 2 aromatic carbocycles. The number of carbonyl (C=O) groups excluding carboxylic acids is 2. The molecule has 122 valence electrons. The minimum atomic E-state index is -0.528. The molecular weight excluding hydrogens is 309 g/mol. The van der Waals surface area contributed by atoms with Crippen molar-refractivity contribution in [3.8, 4) is 0 Å². The van der Waals surface area contributed by atoms with Gasteiger partial charge in [-0.05, 0) is 49.4 Å². The molecule has 0 bridgehead atoms. The van der Waals surface area contributed by atoms with Crippen LogP contribution in [-0.4, -0.2) is 16.4 Å². The van der Waals surface area contributed by atoms with Gasteiger partial charge in [0.25, 0.3) is 0 Å². The summed E-state index contributed by atoms with van der Waals surface area (Å²) in [5, 5.41) is 3.24. The molecule has 3 rings (SSSR count). The summed E-state index contributed by atoms with van der Waals surface area (Å²) in [6, 6.07) is 12.2. The van der Waals surface area contributed by atoms with Gasteiger partial charge in [-0.1, -0.05) is 6.07 Å². The monoisotopic (exact) mass is 325 g/mol. The first-order valence-corrected chi connectivity index (χ1v) is 7.43. The molecule has 0 fully saturated rings. The van der Waals surface area contributed by atoms with Crippen LogP contribution in [0.1, 0.15) is 23.3 Å². The molecule has 0 radical (unpaired) electrons. The lowest BCUT2D eigenvalue weighted by atomic mass is 10.2. The normalized spacial score (nSPS) is 12.1. The molecule has 0 aliphatic carbocycles. The third-order valence-electron chi connectivity index (χ3n) is 3.94. The van der Waals surface area contributed by atoms with Gasteiger partial charge in [0.2, 0.25) is 11.8 Å². The molecular formula is C18H16FN3O2. The van der Waals surface area contributed by atoms with Gasteiger partial charge in [-0.15, -0.1) is 0 Å². The average Bonchev–Trinajstić information content (AvgIpc) is 3.00. The number of primary amides is 1. The Kier molecular flexibility index (Phi) is 4.04. The van der Waals surface area contributed by atoms with Crippen LogP contribution in [0.25, 0.3) is 10.9 Å². The first-order chi connectivity index (χ1) is 11.5. The van der Waals surface area contributed by atoms with Crippen LogP contribution in [0.3, 0.4) is 0 Å². The highest BCUT2D eigenvalue weighted by Crippen LogP contribution is 2.23. The van der Waals surface area contributed by atoms with E-state index in [4.69, 9.17) is 5.73 Å². The maximum absolute atomic E-state index is 13.8. The van der Waals surface area contributed by atoms with Crippen molar-refractivity contribution in [3.63, 3.8) is 0 Å². The average molecular weight is 325 g/mol. The SMILES string of the molecule is C[C@H](C(=O)Nc1ccc(C(N)=O)cc1)n1ccc2c(F)cccc21. The van der Waals surface area contributed by atoms with Gasteiger partial charge in [-0.3, -0.25) is 9.59 Å². The summed E-state index contributed by atoms with van der Waals surface area (Å²) in [4.78, 5) is 23.5. The van der Waals surface area contributed by atoms with Crippen molar-refractivity contribution in [2.75, 3.05) is 5.32 Å². The van der Waals surface area contributed by atoms with Gasteiger partial charge in [0.05, 0.1) is 5.52 Å². The summed E-state index contributed by atoms with van der Waals surface area (Å²) in [6.45, 7) is 1.73. The van der Waals surface area contributed by atoms with Crippen molar-refractivity contribution >= 4 is 28.4 Å². The van der Waals surface area contributed by atoms with E-state index in [1.54, 1.807) is 60.2 Å². The second-order valence-electron chi connectivity index (χ2n) is 5.50. The topological polar surface area (TPSA) is 77.1 Å². The van der Waals surface area contributed by atoms with Crippen LogP contribution in [0, 0.1) is 5.82 Å². The Hall–Kier alpha value is -3.15. The van der Waals surface area contributed by atoms with E-state index in [0.29, 0.717) is 22.2 Å². The number of hydrogen-bond donors (Lipinski definition) is 2. The summed E-state index contributed by atoms with van der Waals surface area (Å²) in [5.74, 6) is -1.09. The van der Waals surface area contributed by atoms with E-state index < -0.39 is 11.9 Å². The van der Waals surface area contributed by atoms with Gasteiger partial charge in [-0.25, -0.2) is 4.39 Å². The van der Waals surface area contributed by atoms with Gasteiger partial charge in [0.15, 0.2) is 0 Å². The number of nitrogens with two attached hydrogens (primary N) is 1. The van der Waals surface area contributed by atoms with E-state index >= 15 is 0 Å². The smallest absolute Gasteiger partial charge is 0.248 e. The van der Waals surface area contributed by atoms with Crippen molar-refractivity contribution in [1.29, 1.82) is 0 Å². The number of benzene rings is 2. The number of carbonyl (C=O) groups is 2. The summed E-state index contributed by atoms with van der Waals surface area (Å²) in [6.07, 6.45) is 1.69. The van der Waals surface area contributed by atoms with Crippen molar-refractivity contribution in [2.45, 2.75) is 13.0 Å². The molecule has 0 unspecified atom stereocenters. The number of rotatable bonds is 4. The summed E-state index contributed by atoms with van der Waals surface area (Å²) < 4.78 is 15.5. The number of nitrogens with one attached hydrogen (secondary N) is 1. The fourth-order valence-corrected chi connectivity index (χ4v) is 2.58. The fourth-order valence-electron chi connectivity index (χ4n) is 2.58. The molecule has 3 aromatic rings. The van der Waals surface area contributed by atoms with E-state index in [1.165, 1.54) is 6.07 Å². The highest BCUT2D eigenvalue weighted by Gasteiger charge is 2.17. The molecule has 3 N–H and O–H groups in total. The van der Waals surface area contributed by atoms with Crippen LogP contribution in [0.4, 0.5) is 10.1 Å². The minimum Gasteiger partial charge on any atom is -0.366 e. The zero-order valence-electron chi connectivity index (χ0n) is 13.0. The molecule has 6 heteroatoms. The van der Waals surface area contributed by atoms with Crippen molar-refractivity contribution in [1.82, 2.24) is 4.57 Å². The van der Waals surface area contributed by atoms with Crippen molar-refractivity contribution < 1.29 is 14.0 Å². The third-order valence-corrected chi connectivity index (χ3v) is 3.94.